The zero-order valence-corrected chi connectivity index (χ0v) is 13.6. The lowest BCUT2D eigenvalue weighted by molar-refractivity contribution is 0.939. The van der Waals surface area contributed by atoms with Crippen LogP contribution in [0.15, 0.2) is 73.2 Å². The highest BCUT2D eigenvalue weighted by atomic mass is 15.2. The lowest BCUT2D eigenvalue weighted by atomic mass is 10.1. The van der Waals surface area contributed by atoms with Gasteiger partial charge in [-0.2, -0.15) is 5.10 Å². The topological polar surface area (TPSA) is 63.6 Å². The Morgan fingerprint density at radius 3 is 2.36 bits per heavy atom. The molecule has 0 saturated carbocycles. The molecule has 1 N–H and O–H groups in total. The maximum atomic E-state index is 4.46. The Hall–Kier alpha value is -3.34. The van der Waals surface area contributed by atoms with Crippen molar-refractivity contribution in [1.82, 2.24) is 20.2 Å². The third-order valence-electron chi connectivity index (χ3n) is 4.05. The highest BCUT2D eigenvalue weighted by Crippen LogP contribution is 2.24. The van der Waals surface area contributed by atoms with Gasteiger partial charge in [0.2, 0.25) is 0 Å². The third-order valence-corrected chi connectivity index (χ3v) is 4.05. The molecule has 0 bridgehead atoms. The molecule has 4 rings (SSSR count). The maximum Gasteiger partial charge on any atom is 0.156 e. The highest BCUT2D eigenvalue weighted by Gasteiger charge is 2.09. The van der Waals surface area contributed by atoms with E-state index in [1.165, 1.54) is 5.56 Å². The SMILES string of the molecule is c1ccc(CNc2nnc(Cc3ccncc3)c3ccccc23)nc1. The summed E-state index contributed by atoms with van der Waals surface area (Å²) in [6.45, 7) is 0.614. The largest absolute Gasteiger partial charge is 0.362 e. The van der Waals surface area contributed by atoms with Gasteiger partial charge in [0.15, 0.2) is 5.82 Å². The van der Waals surface area contributed by atoms with Gasteiger partial charge in [0.05, 0.1) is 17.9 Å². The summed E-state index contributed by atoms with van der Waals surface area (Å²) in [4.78, 5) is 8.40. The average molecular weight is 327 g/mol. The summed E-state index contributed by atoms with van der Waals surface area (Å²) < 4.78 is 0. The van der Waals surface area contributed by atoms with E-state index >= 15 is 0 Å². The third kappa shape index (κ3) is 3.45. The van der Waals surface area contributed by atoms with Gasteiger partial charge in [-0.15, -0.1) is 5.10 Å². The molecule has 25 heavy (non-hydrogen) atoms. The molecule has 0 unspecified atom stereocenters. The van der Waals surface area contributed by atoms with E-state index in [2.05, 4.69) is 37.6 Å². The first-order valence-electron chi connectivity index (χ1n) is 8.17. The molecule has 0 aliphatic rings. The second-order valence-electron chi connectivity index (χ2n) is 5.75. The molecule has 3 heterocycles. The zero-order valence-electron chi connectivity index (χ0n) is 13.6. The van der Waals surface area contributed by atoms with Crippen LogP contribution in [0.1, 0.15) is 17.0 Å². The van der Waals surface area contributed by atoms with E-state index in [0.717, 1.165) is 34.4 Å². The van der Waals surface area contributed by atoms with E-state index in [9.17, 15) is 0 Å². The molecule has 5 nitrogen and oxygen atoms in total. The van der Waals surface area contributed by atoms with Gasteiger partial charge in [0, 0.05) is 35.8 Å². The summed E-state index contributed by atoms with van der Waals surface area (Å²) in [6, 6.07) is 18.1. The van der Waals surface area contributed by atoms with Gasteiger partial charge in [0.25, 0.3) is 0 Å². The van der Waals surface area contributed by atoms with Crippen LogP contribution in [0.4, 0.5) is 5.82 Å². The molecule has 0 radical (unpaired) electrons. The summed E-state index contributed by atoms with van der Waals surface area (Å²) in [6.07, 6.45) is 6.12. The fourth-order valence-electron chi connectivity index (χ4n) is 2.79. The van der Waals surface area contributed by atoms with Crippen molar-refractivity contribution in [2.75, 3.05) is 5.32 Å². The molecular formula is C20H17N5. The molecule has 122 valence electrons. The molecule has 4 aromatic rings. The Bertz CT molecular complexity index is 971. The number of benzene rings is 1. The number of hydrogen-bond acceptors (Lipinski definition) is 5. The first-order valence-corrected chi connectivity index (χ1v) is 8.17. The van der Waals surface area contributed by atoms with Crippen LogP contribution in [0, 0.1) is 0 Å². The van der Waals surface area contributed by atoms with Gasteiger partial charge in [-0.3, -0.25) is 9.97 Å². The van der Waals surface area contributed by atoms with Crippen molar-refractivity contribution in [2.45, 2.75) is 13.0 Å². The van der Waals surface area contributed by atoms with Gasteiger partial charge in [-0.05, 0) is 29.8 Å². The lowest BCUT2D eigenvalue weighted by Gasteiger charge is -2.11. The normalized spacial score (nSPS) is 10.7. The van der Waals surface area contributed by atoms with Crippen molar-refractivity contribution >= 4 is 16.6 Å². The van der Waals surface area contributed by atoms with Crippen LogP contribution in [-0.4, -0.2) is 20.2 Å². The first kappa shape index (κ1) is 15.2. The molecule has 0 aliphatic heterocycles. The van der Waals surface area contributed by atoms with Crippen molar-refractivity contribution in [3.63, 3.8) is 0 Å². The van der Waals surface area contributed by atoms with Crippen LogP contribution in [0.2, 0.25) is 0 Å². The van der Waals surface area contributed by atoms with Crippen molar-refractivity contribution < 1.29 is 0 Å². The fourth-order valence-corrected chi connectivity index (χ4v) is 2.79. The smallest absolute Gasteiger partial charge is 0.156 e. The molecule has 0 aliphatic carbocycles. The second kappa shape index (κ2) is 7.05. The van der Waals surface area contributed by atoms with E-state index in [1.54, 1.807) is 18.6 Å². The number of pyridine rings is 2. The highest BCUT2D eigenvalue weighted by molar-refractivity contribution is 5.93. The van der Waals surface area contributed by atoms with E-state index < -0.39 is 0 Å². The average Bonchev–Trinajstić information content (AvgIpc) is 2.69. The minimum absolute atomic E-state index is 0.614. The van der Waals surface area contributed by atoms with E-state index in [4.69, 9.17) is 0 Å². The molecule has 0 atom stereocenters. The fraction of sp³-hybridized carbons (Fsp3) is 0.100. The second-order valence-corrected chi connectivity index (χ2v) is 5.75. The Balaban J connectivity index is 1.64. The monoisotopic (exact) mass is 327 g/mol. The zero-order chi connectivity index (χ0) is 16.9. The number of hydrogen-bond donors (Lipinski definition) is 1. The van der Waals surface area contributed by atoms with E-state index in [0.29, 0.717) is 6.54 Å². The molecule has 0 fully saturated rings. The van der Waals surface area contributed by atoms with Crippen LogP contribution >= 0.6 is 0 Å². The standard InChI is InChI=1S/C20H17N5/c1-2-7-18-17(6-1)19(13-15-8-11-21-12-9-15)24-25-20(18)23-14-16-5-3-4-10-22-16/h1-12H,13-14H2,(H,23,25). The van der Waals surface area contributed by atoms with Crippen molar-refractivity contribution in [2.24, 2.45) is 0 Å². The molecule has 0 saturated heterocycles. The van der Waals surface area contributed by atoms with Crippen molar-refractivity contribution in [3.05, 3.63) is 90.1 Å². The Kier molecular flexibility index (Phi) is 4.29. The Morgan fingerprint density at radius 1 is 0.760 bits per heavy atom. The molecular weight excluding hydrogens is 310 g/mol. The van der Waals surface area contributed by atoms with Crippen LogP contribution in [0.25, 0.3) is 10.8 Å². The van der Waals surface area contributed by atoms with Crippen LogP contribution in [-0.2, 0) is 13.0 Å². The predicted octanol–water partition coefficient (Wildman–Crippen LogP) is 3.62. The number of nitrogens with zero attached hydrogens (tertiary/aromatic N) is 4. The number of nitrogens with one attached hydrogen (secondary N) is 1. The Labute approximate surface area is 145 Å². The number of rotatable bonds is 5. The quantitative estimate of drug-likeness (QED) is 0.606. The summed E-state index contributed by atoms with van der Waals surface area (Å²) in [7, 11) is 0. The lowest BCUT2D eigenvalue weighted by Crippen LogP contribution is -2.06. The summed E-state index contributed by atoms with van der Waals surface area (Å²) in [5, 5.41) is 14.4. The predicted molar refractivity (Wildman–Crippen MR) is 98.1 cm³/mol. The van der Waals surface area contributed by atoms with Gasteiger partial charge in [-0.1, -0.05) is 30.3 Å². The molecule has 0 spiro atoms. The molecule has 5 heteroatoms. The van der Waals surface area contributed by atoms with Crippen molar-refractivity contribution in [1.29, 1.82) is 0 Å². The van der Waals surface area contributed by atoms with Gasteiger partial charge < -0.3 is 5.32 Å². The number of fused-ring (bicyclic) bond motifs is 1. The first-order chi connectivity index (χ1) is 12.4. The number of aromatic nitrogens is 4. The van der Waals surface area contributed by atoms with Gasteiger partial charge in [-0.25, -0.2) is 0 Å². The number of anilines is 1. The molecule has 0 amide bonds. The molecule has 1 aromatic carbocycles. The van der Waals surface area contributed by atoms with Crippen LogP contribution in [0.5, 0.6) is 0 Å². The van der Waals surface area contributed by atoms with Crippen LogP contribution < -0.4 is 5.32 Å². The maximum absolute atomic E-state index is 4.46. The van der Waals surface area contributed by atoms with Gasteiger partial charge in [0.1, 0.15) is 0 Å². The van der Waals surface area contributed by atoms with E-state index in [1.807, 2.05) is 42.5 Å². The summed E-state index contributed by atoms with van der Waals surface area (Å²) in [5.41, 5.74) is 3.10. The summed E-state index contributed by atoms with van der Waals surface area (Å²) in [5.74, 6) is 0.778. The Morgan fingerprint density at radius 2 is 1.56 bits per heavy atom. The van der Waals surface area contributed by atoms with E-state index in [-0.39, 0.29) is 0 Å². The van der Waals surface area contributed by atoms with Crippen molar-refractivity contribution in [3.8, 4) is 0 Å². The van der Waals surface area contributed by atoms with Gasteiger partial charge >= 0.3 is 0 Å². The molecule has 3 aromatic heterocycles. The van der Waals surface area contributed by atoms with Crippen LogP contribution in [0.3, 0.4) is 0 Å². The minimum Gasteiger partial charge on any atom is -0.362 e. The minimum atomic E-state index is 0.614. The summed E-state index contributed by atoms with van der Waals surface area (Å²) >= 11 is 0.